The van der Waals surface area contributed by atoms with Crippen molar-refractivity contribution in [3.05, 3.63) is 28.2 Å². The Hall–Kier alpha value is -0.440. The molecule has 0 N–H and O–H groups in total. The zero-order valence-corrected chi connectivity index (χ0v) is 11.1. The molecule has 88 valence electrons. The van der Waals surface area contributed by atoms with Gasteiger partial charge in [0.1, 0.15) is 0 Å². The molecule has 0 bridgehead atoms. The van der Waals surface area contributed by atoms with Crippen molar-refractivity contribution in [3.8, 4) is 0 Å². The molecule has 0 aromatic heterocycles. The Balaban J connectivity index is 2.27. The monoisotopic (exact) mass is 258 g/mol. The predicted octanol–water partition coefficient (Wildman–Crippen LogP) is 3.13. The first-order chi connectivity index (χ1) is 7.59. The fourth-order valence-electron chi connectivity index (χ4n) is 2.21. The van der Waals surface area contributed by atoms with Crippen LogP contribution in [-0.2, 0) is 0 Å². The second-order valence-electron chi connectivity index (χ2n) is 4.38. The van der Waals surface area contributed by atoms with E-state index in [1.165, 1.54) is 0 Å². The van der Waals surface area contributed by atoms with E-state index < -0.39 is 0 Å². The van der Waals surface area contributed by atoms with Gasteiger partial charge in [0.25, 0.3) is 0 Å². The molecule has 0 spiro atoms. The lowest BCUT2D eigenvalue weighted by Crippen LogP contribution is -2.50. The zero-order valence-electron chi connectivity index (χ0n) is 9.58. The van der Waals surface area contributed by atoms with Crippen molar-refractivity contribution in [2.45, 2.75) is 13.0 Å². The van der Waals surface area contributed by atoms with Crippen molar-refractivity contribution >= 4 is 28.9 Å². The largest absolute Gasteiger partial charge is 0.365 e. The van der Waals surface area contributed by atoms with Crippen LogP contribution in [-0.4, -0.2) is 37.6 Å². The molecule has 2 rings (SSSR count). The van der Waals surface area contributed by atoms with Crippen LogP contribution in [0.2, 0.25) is 10.0 Å². The van der Waals surface area contributed by atoms with E-state index in [9.17, 15) is 0 Å². The van der Waals surface area contributed by atoms with E-state index in [1.807, 2.05) is 18.2 Å². The standard InChI is InChI=1S/C12H16Cl2N2/c1-9-8-15(2)6-7-16(9)11-5-3-4-10(13)12(11)14/h3-5,9H,6-8H2,1-2H3/t9-/m1/s1. The Bertz CT molecular complexity index is 381. The fraction of sp³-hybridized carbons (Fsp3) is 0.500. The maximum Gasteiger partial charge on any atom is 0.0825 e. The van der Waals surface area contributed by atoms with Crippen LogP contribution < -0.4 is 4.90 Å². The highest BCUT2D eigenvalue weighted by molar-refractivity contribution is 6.43. The van der Waals surface area contributed by atoms with Gasteiger partial charge in [-0.2, -0.15) is 0 Å². The molecule has 1 aromatic rings. The van der Waals surface area contributed by atoms with Gasteiger partial charge in [-0.15, -0.1) is 0 Å². The first kappa shape index (κ1) is 12.0. The summed E-state index contributed by atoms with van der Waals surface area (Å²) in [5.74, 6) is 0. The summed E-state index contributed by atoms with van der Waals surface area (Å²) in [4.78, 5) is 4.66. The number of anilines is 1. The predicted molar refractivity (Wildman–Crippen MR) is 70.8 cm³/mol. The molecular weight excluding hydrogens is 243 g/mol. The van der Waals surface area contributed by atoms with Crippen LogP contribution in [0.5, 0.6) is 0 Å². The molecule has 1 fully saturated rings. The lowest BCUT2D eigenvalue weighted by molar-refractivity contribution is 0.275. The van der Waals surface area contributed by atoms with Crippen molar-refractivity contribution < 1.29 is 0 Å². The summed E-state index contributed by atoms with van der Waals surface area (Å²) in [6.45, 7) is 5.33. The number of nitrogens with zero attached hydrogens (tertiary/aromatic N) is 2. The van der Waals surface area contributed by atoms with E-state index in [2.05, 4.69) is 23.8 Å². The number of hydrogen-bond donors (Lipinski definition) is 0. The first-order valence-corrected chi connectivity index (χ1v) is 6.24. The number of benzene rings is 1. The average molecular weight is 259 g/mol. The van der Waals surface area contributed by atoms with Crippen LogP contribution in [0.25, 0.3) is 0 Å². The Labute approximate surface area is 107 Å². The molecule has 1 saturated heterocycles. The summed E-state index contributed by atoms with van der Waals surface area (Å²) < 4.78 is 0. The quantitative estimate of drug-likeness (QED) is 0.764. The van der Waals surface area contributed by atoms with Gasteiger partial charge in [0.15, 0.2) is 0 Å². The second kappa shape index (κ2) is 4.82. The molecule has 1 atom stereocenters. The topological polar surface area (TPSA) is 6.48 Å². The molecule has 1 heterocycles. The van der Waals surface area contributed by atoms with Crippen LogP contribution in [0.15, 0.2) is 18.2 Å². The molecule has 0 amide bonds. The lowest BCUT2D eigenvalue weighted by Gasteiger charge is -2.40. The molecule has 0 unspecified atom stereocenters. The van der Waals surface area contributed by atoms with Gasteiger partial charge in [0, 0.05) is 25.7 Å². The van der Waals surface area contributed by atoms with Crippen LogP contribution >= 0.6 is 23.2 Å². The lowest BCUT2D eigenvalue weighted by atomic mass is 10.1. The van der Waals surface area contributed by atoms with Crippen molar-refractivity contribution in [1.29, 1.82) is 0 Å². The van der Waals surface area contributed by atoms with Gasteiger partial charge in [0.2, 0.25) is 0 Å². The third-order valence-corrected chi connectivity index (χ3v) is 3.88. The molecule has 0 aliphatic carbocycles. The van der Waals surface area contributed by atoms with Gasteiger partial charge in [-0.3, -0.25) is 0 Å². The zero-order chi connectivity index (χ0) is 11.7. The van der Waals surface area contributed by atoms with Crippen molar-refractivity contribution in [1.82, 2.24) is 4.90 Å². The first-order valence-electron chi connectivity index (χ1n) is 5.49. The second-order valence-corrected chi connectivity index (χ2v) is 5.16. The number of hydrogen-bond acceptors (Lipinski definition) is 2. The molecular formula is C12H16Cl2N2. The van der Waals surface area contributed by atoms with Gasteiger partial charge >= 0.3 is 0 Å². The third-order valence-electron chi connectivity index (χ3n) is 3.07. The highest BCUT2D eigenvalue weighted by atomic mass is 35.5. The van der Waals surface area contributed by atoms with Crippen LogP contribution in [0.3, 0.4) is 0 Å². The Morgan fingerprint density at radius 3 is 2.69 bits per heavy atom. The van der Waals surface area contributed by atoms with Crippen molar-refractivity contribution in [2.75, 3.05) is 31.6 Å². The van der Waals surface area contributed by atoms with E-state index >= 15 is 0 Å². The van der Waals surface area contributed by atoms with Crippen LogP contribution in [0, 0.1) is 0 Å². The molecule has 1 aliphatic heterocycles. The average Bonchev–Trinajstić information content (AvgIpc) is 2.23. The van der Waals surface area contributed by atoms with Crippen molar-refractivity contribution in [2.24, 2.45) is 0 Å². The number of halogens is 2. The summed E-state index contributed by atoms with van der Waals surface area (Å²) in [5, 5.41) is 1.30. The minimum absolute atomic E-state index is 0.467. The minimum atomic E-state index is 0.467. The molecule has 1 aromatic carbocycles. The Kier molecular flexibility index (Phi) is 3.63. The van der Waals surface area contributed by atoms with Crippen LogP contribution in [0.4, 0.5) is 5.69 Å². The summed E-state index contributed by atoms with van der Waals surface area (Å²) in [6, 6.07) is 6.29. The maximum atomic E-state index is 6.24. The molecule has 0 radical (unpaired) electrons. The minimum Gasteiger partial charge on any atom is -0.365 e. The molecule has 0 saturated carbocycles. The highest BCUT2D eigenvalue weighted by Crippen LogP contribution is 2.34. The van der Waals surface area contributed by atoms with Gasteiger partial charge in [-0.05, 0) is 26.1 Å². The van der Waals surface area contributed by atoms with Gasteiger partial charge in [-0.1, -0.05) is 29.3 Å². The molecule has 4 heteroatoms. The smallest absolute Gasteiger partial charge is 0.0825 e. The van der Waals surface area contributed by atoms with Gasteiger partial charge in [-0.25, -0.2) is 0 Å². The number of likely N-dealkylation sites (N-methyl/N-ethyl adjacent to an activating group) is 1. The maximum absolute atomic E-state index is 6.24. The van der Waals surface area contributed by atoms with Gasteiger partial charge < -0.3 is 9.80 Å². The molecule has 1 aliphatic rings. The van der Waals surface area contributed by atoms with Crippen molar-refractivity contribution in [3.63, 3.8) is 0 Å². The van der Waals surface area contributed by atoms with Crippen LogP contribution in [0.1, 0.15) is 6.92 Å². The molecule has 2 nitrogen and oxygen atoms in total. The van der Waals surface area contributed by atoms with E-state index in [0.717, 1.165) is 25.3 Å². The summed E-state index contributed by atoms with van der Waals surface area (Å²) >= 11 is 12.3. The SMILES string of the molecule is C[C@@H]1CN(C)CCN1c1cccc(Cl)c1Cl. The highest BCUT2D eigenvalue weighted by Gasteiger charge is 2.23. The Morgan fingerprint density at radius 2 is 2.00 bits per heavy atom. The van der Waals surface area contributed by atoms with Gasteiger partial charge in [0.05, 0.1) is 15.7 Å². The van der Waals surface area contributed by atoms with E-state index in [4.69, 9.17) is 23.2 Å². The summed E-state index contributed by atoms with van der Waals surface area (Å²) in [6.07, 6.45) is 0. The van der Waals surface area contributed by atoms with E-state index in [1.54, 1.807) is 0 Å². The van der Waals surface area contributed by atoms with E-state index in [0.29, 0.717) is 16.1 Å². The molecule has 16 heavy (non-hydrogen) atoms. The Morgan fingerprint density at radius 1 is 1.25 bits per heavy atom. The summed E-state index contributed by atoms with van der Waals surface area (Å²) in [5.41, 5.74) is 1.05. The third kappa shape index (κ3) is 2.29. The summed E-state index contributed by atoms with van der Waals surface area (Å²) in [7, 11) is 2.15. The normalized spacial score (nSPS) is 22.5. The van der Waals surface area contributed by atoms with E-state index in [-0.39, 0.29) is 0 Å². The fourth-order valence-corrected chi connectivity index (χ4v) is 2.62. The number of piperazine rings is 1. The number of rotatable bonds is 1.